The molecule has 0 saturated carbocycles. The van der Waals surface area contributed by atoms with Gasteiger partial charge in [-0.15, -0.1) is 0 Å². The van der Waals surface area contributed by atoms with Crippen LogP contribution in [-0.2, 0) is 0 Å². The predicted octanol–water partition coefficient (Wildman–Crippen LogP) is 1.65. The van der Waals surface area contributed by atoms with Gasteiger partial charge in [0.2, 0.25) is 5.89 Å². The van der Waals surface area contributed by atoms with Crippen molar-refractivity contribution in [1.29, 1.82) is 0 Å². The number of nitrogens with zero attached hydrogens (tertiary/aromatic N) is 2. The van der Waals surface area contributed by atoms with E-state index in [1.165, 1.54) is 0 Å². The highest BCUT2D eigenvalue weighted by molar-refractivity contribution is 4.97. The van der Waals surface area contributed by atoms with E-state index in [0.717, 1.165) is 18.1 Å². The summed E-state index contributed by atoms with van der Waals surface area (Å²) in [7, 11) is 0. The molecule has 0 saturated heterocycles. The number of nitrogens with two attached hydrogens (primary N) is 1. The van der Waals surface area contributed by atoms with Gasteiger partial charge in [-0.2, -0.15) is 4.98 Å². The van der Waals surface area contributed by atoms with Gasteiger partial charge < -0.3 is 10.3 Å². The molecule has 0 aliphatic carbocycles. The summed E-state index contributed by atoms with van der Waals surface area (Å²) in [6, 6.07) is 0. The first-order chi connectivity index (χ1) is 6.19. The standard InChI is InChI=1S/C9H17N3O/c1-4-6(2)9-11-8(12-13-9)7(3)5-10/h6-7H,4-5,10H2,1-3H3. The van der Waals surface area contributed by atoms with Gasteiger partial charge in [0.1, 0.15) is 0 Å². The first-order valence-corrected chi connectivity index (χ1v) is 4.72. The maximum atomic E-state index is 5.50. The SMILES string of the molecule is CCC(C)c1nc(C(C)CN)no1. The Bertz CT molecular complexity index is 235. The molecule has 1 aromatic heterocycles. The van der Waals surface area contributed by atoms with Gasteiger partial charge in [-0.05, 0) is 6.42 Å². The average molecular weight is 183 g/mol. The summed E-state index contributed by atoms with van der Waals surface area (Å²) in [4.78, 5) is 4.29. The summed E-state index contributed by atoms with van der Waals surface area (Å²) in [6.07, 6.45) is 1.01. The highest BCUT2D eigenvalue weighted by Crippen LogP contribution is 2.18. The van der Waals surface area contributed by atoms with Crippen LogP contribution in [0.25, 0.3) is 0 Å². The van der Waals surface area contributed by atoms with Crippen molar-refractivity contribution in [1.82, 2.24) is 10.1 Å². The zero-order valence-corrected chi connectivity index (χ0v) is 8.45. The van der Waals surface area contributed by atoms with Crippen LogP contribution in [0.5, 0.6) is 0 Å². The average Bonchev–Trinajstić information content (AvgIpc) is 2.64. The van der Waals surface area contributed by atoms with Crippen molar-refractivity contribution < 1.29 is 4.52 Å². The van der Waals surface area contributed by atoms with Gasteiger partial charge in [0.15, 0.2) is 5.82 Å². The van der Waals surface area contributed by atoms with Crippen molar-refractivity contribution in [2.75, 3.05) is 6.54 Å². The lowest BCUT2D eigenvalue weighted by atomic mass is 10.1. The first kappa shape index (κ1) is 10.2. The van der Waals surface area contributed by atoms with Gasteiger partial charge in [-0.25, -0.2) is 0 Å². The molecule has 2 unspecified atom stereocenters. The van der Waals surface area contributed by atoms with E-state index in [9.17, 15) is 0 Å². The predicted molar refractivity (Wildman–Crippen MR) is 50.5 cm³/mol. The summed E-state index contributed by atoms with van der Waals surface area (Å²) >= 11 is 0. The fourth-order valence-corrected chi connectivity index (χ4v) is 0.928. The summed E-state index contributed by atoms with van der Waals surface area (Å²) in [5, 5.41) is 3.89. The van der Waals surface area contributed by atoms with E-state index in [1.54, 1.807) is 0 Å². The lowest BCUT2D eigenvalue weighted by Crippen LogP contribution is -2.10. The minimum atomic E-state index is 0.182. The molecule has 2 N–H and O–H groups in total. The monoisotopic (exact) mass is 183 g/mol. The second kappa shape index (κ2) is 4.37. The van der Waals surface area contributed by atoms with Crippen molar-refractivity contribution in [2.45, 2.75) is 39.0 Å². The highest BCUT2D eigenvalue weighted by atomic mass is 16.5. The van der Waals surface area contributed by atoms with Crippen LogP contribution in [0.3, 0.4) is 0 Å². The van der Waals surface area contributed by atoms with Crippen molar-refractivity contribution >= 4 is 0 Å². The van der Waals surface area contributed by atoms with E-state index in [1.807, 2.05) is 6.92 Å². The lowest BCUT2D eigenvalue weighted by molar-refractivity contribution is 0.351. The Hall–Kier alpha value is -0.900. The summed E-state index contributed by atoms with van der Waals surface area (Å²) in [5.41, 5.74) is 5.50. The van der Waals surface area contributed by atoms with E-state index in [0.29, 0.717) is 12.5 Å². The van der Waals surface area contributed by atoms with Crippen molar-refractivity contribution in [3.8, 4) is 0 Å². The molecular formula is C9H17N3O. The van der Waals surface area contributed by atoms with Crippen LogP contribution in [0, 0.1) is 0 Å². The van der Waals surface area contributed by atoms with Crippen LogP contribution in [0.4, 0.5) is 0 Å². The maximum absolute atomic E-state index is 5.50. The second-order valence-corrected chi connectivity index (χ2v) is 3.44. The highest BCUT2D eigenvalue weighted by Gasteiger charge is 2.15. The Morgan fingerprint density at radius 3 is 2.62 bits per heavy atom. The Labute approximate surface area is 78.5 Å². The molecule has 0 aliphatic rings. The normalized spacial score (nSPS) is 15.7. The zero-order valence-electron chi connectivity index (χ0n) is 8.45. The molecule has 2 atom stereocenters. The third-order valence-corrected chi connectivity index (χ3v) is 2.29. The van der Waals surface area contributed by atoms with E-state index in [2.05, 4.69) is 24.0 Å². The summed E-state index contributed by atoms with van der Waals surface area (Å²) in [6.45, 7) is 6.72. The molecule has 1 heterocycles. The topological polar surface area (TPSA) is 64.9 Å². The van der Waals surface area contributed by atoms with Gasteiger partial charge in [0.25, 0.3) is 0 Å². The molecule has 1 rings (SSSR count). The Morgan fingerprint density at radius 1 is 1.38 bits per heavy atom. The van der Waals surface area contributed by atoms with E-state index < -0.39 is 0 Å². The van der Waals surface area contributed by atoms with Gasteiger partial charge >= 0.3 is 0 Å². The quantitative estimate of drug-likeness (QED) is 0.770. The molecule has 0 fully saturated rings. The van der Waals surface area contributed by atoms with Crippen molar-refractivity contribution in [3.05, 3.63) is 11.7 Å². The molecule has 0 spiro atoms. The van der Waals surface area contributed by atoms with E-state index in [4.69, 9.17) is 10.3 Å². The van der Waals surface area contributed by atoms with E-state index >= 15 is 0 Å². The van der Waals surface area contributed by atoms with Gasteiger partial charge in [-0.3, -0.25) is 0 Å². The third kappa shape index (κ3) is 2.28. The second-order valence-electron chi connectivity index (χ2n) is 3.44. The van der Waals surface area contributed by atoms with Crippen LogP contribution >= 0.6 is 0 Å². The molecule has 1 aromatic rings. The Kier molecular flexibility index (Phi) is 3.42. The van der Waals surface area contributed by atoms with E-state index in [-0.39, 0.29) is 5.92 Å². The fraction of sp³-hybridized carbons (Fsp3) is 0.778. The van der Waals surface area contributed by atoms with Crippen molar-refractivity contribution in [2.24, 2.45) is 5.73 Å². The Morgan fingerprint density at radius 2 is 2.08 bits per heavy atom. The minimum Gasteiger partial charge on any atom is -0.339 e. The van der Waals surface area contributed by atoms with Crippen LogP contribution < -0.4 is 5.73 Å². The summed E-state index contributed by atoms with van der Waals surface area (Å²) in [5.74, 6) is 1.96. The number of hydrogen-bond donors (Lipinski definition) is 1. The van der Waals surface area contributed by atoms with Crippen LogP contribution in [0.15, 0.2) is 4.52 Å². The molecule has 0 bridgehead atoms. The minimum absolute atomic E-state index is 0.182. The number of rotatable bonds is 4. The van der Waals surface area contributed by atoms with Crippen LogP contribution in [0.1, 0.15) is 50.7 Å². The lowest BCUT2D eigenvalue weighted by Gasteiger charge is -2.00. The number of aromatic nitrogens is 2. The third-order valence-electron chi connectivity index (χ3n) is 2.29. The number of hydrogen-bond acceptors (Lipinski definition) is 4. The molecule has 13 heavy (non-hydrogen) atoms. The smallest absolute Gasteiger partial charge is 0.229 e. The van der Waals surface area contributed by atoms with Crippen LogP contribution in [-0.4, -0.2) is 16.7 Å². The fourth-order valence-electron chi connectivity index (χ4n) is 0.928. The Balaban J connectivity index is 2.74. The molecule has 0 aliphatic heterocycles. The maximum Gasteiger partial charge on any atom is 0.229 e. The van der Waals surface area contributed by atoms with Crippen molar-refractivity contribution in [3.63, 3.8) is 0 Å². The molecule has 74 valence electrons. The molecule has 0 radical (unpaired) electrons. The molecule has 0 amide bonds. The molecule has 0 aromatic carbocycles. The van der Waals surface area contributed by atoms with Gasteiger partial charge in [0, 0.05) is 18.4 Å². The largest absolute Gasteiger partial charge is 0.339 e. The molecule has 4 nitrogen and oxygen atoms in total. The molecular weight excluding hydrogens is 166 g/mol. The summed E-state index contributed by atoms with van der Waals surface area (Å²) < 4.78 is 5.12. The van der Waals surface area contributed by atoms with Gasteiger partial charge in [-0.1, -0.05) is 25.9 Å². The first-order valence-electron chi connectivity index (χ1n) is 4.72. The van der Waals surface area contributed by atoms with Gasteiger partial charge in [0.05, 0.1) is 0 Å². The van der Waals surface area contributed by atoms with Crippen LogP contribution in [0.2, 0.25) is 0 Å². The molecule has 4 heteroatoms. The zero-order chi connectivity index (χ0) is 9.84.